The number of aliphatic hydroxyl groups excluding tert-OH is 1. The maximum atomic E-state index is 15.6. The molecule has 2 aliphatic heterocycles. The van der Waals surface area contributed by atoms with Gasteiger partial charge >= 0.3 is 0 Å². The van der Waals surface area contributed by atoms with Crippen molar-refractivity contribution in [1.82, 2.24) is 19.8 Å². The normalized spacial score (nSPS) is 19.5. The predicted octanol–water partition coefficient (Wildman–Crippen LogP) is 4.28. The highest BCUT2D eigenvalue weighted by Gasteiger charge is 2.34. The van der Waals surface area contributed by atoms with Gasteiger partial charge in [0.1, 0.15) is 29.6 Å². The smallest absolute Gasteiger partial charge is 0.203 e. The maximum absolute atomic E-state index is 15.6. The van der Waals surface area contributed by atoms with E-state index in [0.29, 0.717) is 36.6 Å². The number of hydrogen-bond donors (Lipinski definition) is 2. The third kappa shape index (κ3) is 4.51. The van der Waals surface area contributed by atoms with E-state index >= 15 is 4.39 Å². The van der Waals surface area contributed by atoms with E-state index in [1.54, 1.807) is 24.1 Å². The number of Topliss-reactive ketones (excluding diaryl/α,β-unsaturated/α-hetero) is 1. The van der Waals surface area contributed by atoms with Gasteiger partial charge in [0.05, 0.1) is 18.9 Å². The molecule has 0 aliphatic carbocycles. The number of ether oxygens (including phenoxy) is 1. The lowest BCUT2D eigenvalue weighted by Gasteiger charge is -2.24. The number of β-amino-alcohol motifs (C(OH)–C–C–N with tert-alkyl or cyclic N) is 1. The number of halogens is 1. The van der Waals surface area contributed by atoms with E-state index in [-0.39, 0.29) is 11.9 Å². The molecule has 0 amide bonds. The Labute approximate surface area is 220 Å². The van der Waals surface area contributed by atoms with Crippen LogP contribution in [0.2, 0.25) is 0 Å². The van der Waals surface area contributed by atoms with Gasteiger partial charge in [-0.05, 0) is 53.4 Å². The lowest BCUT2D eigenvalue weighted by Crippen LogP contribution is -2.36. The molecule has 0 radical (unpaired) electrons. The van der Waals surface area contributed by atoms with Gasteiger partial charge in [-0.1, -0.05) is 36.4 Å². The monoisotopic (exact) mass is 512 g/mol. The highest BCUT2D eigenvalue weighted by Crippen LogP contribution is 2.33. The summed E-state index contributed by atoms with van der Waals surface area (Å²) in [6.45, 7) is 2.54. The fourth-order valence-corrected chi connectivity index (χ4v) is 5.46. The van der Waals surface area contributed by atoms with Gasteiger partial charge in [-0.2, -0.15) is 0 Å². The Morgan fingerprint density at radius 2 is 1.95 bits per heavy atom. The van der Waals surface area contributed by atoms with Gasteiger partial charge in [-0.25, -0.2) is 9.37 Å². The van der Waals surface area contributed by atoms with Crippen molar-refractivity contribution in [3.05, 3.63) is 101 Å². The number of aliphatic hydroxyl groups is 1. The molecule has 1 aromatic heterocycles. The van der Waals surface area contributed by atoms with Crippen LogP contribution in [0.25, 0.3) is 16.8 Å². The zero-order chi connectivity index (χ0) is 26.2. The number of ketones is 1. The van der Waals surface area contributed by atoms with Gasteiger partial charge in [-0.15, -0.1) is 0 Å². The Morgan fingerprint density at radius 1 is 1.13 bits per heavy atom. The molecular weight excluding hydrogens is 483 g/mol. The lowest BCUT2D eigenvalue weighted by molar-refractivity contribution is 0.0920. The minimum absolute atomic E-state index is 0.223. The molecule has 1 unspecified atom stereocenters. The van der Waals surface area contributed by atoms with E-state index in [1.165, 1.54) is 6.07 Å². The average molecular weight is 513 g/mol. The number of rotatable bonds is 6. The first-order valence-corrected chi connectivity index (χ1v) is 12.8. The summed E-state index contributed by atoms with van der Waals surface area (Å²) in [6.07, 6.45) is 2.11. The highest BCUT2D eigenvalue weighted by atomic mass is 19.1. The molecule has 3 aromatic carbocycles. The van der Waals surface area contributed by atoms with Crippen LogP contribution in [0.3, 0.4) is 0 Å². The third-order valence-corrected chi connectivity index (χ3v) is 7.44. The molecule has 194 valence electrons. The van der Waals surface area contributed by atoms with E-state index in [9.17, 15) is 9.90 Å². The average Bonchev–Trinajstić information content (AvgIpc) is 3.56. The lowest BCUT2D eigenvalue weighted by atomic mass is 9.92. The Balaban J connectivity index is 1.28. The Morgan fingerprint density at radius 3 is 2.68 bits per heavy atom. The molecule has 0 spiro atoms. The number of fused-ring (bicyclic) bond motifs is 1. The number of hydrogen-bond acceptors (Lipinski definition) is 6. The summed E-state index contributed by atoms with van der Waals surface area (Å²) in [5.74, 6) is 0.0632. The summed E-state index contributed by atoms with van der Waals surface area (Å²) in [5, 5.41) is 13.1. The number of benzene rings is 3. The summed E-state index contributed by atoms with van der Waals surface area (Å²) in [7, 11) is 1.60. The molecule has 6 rings (SSSR count). The molecule has 8 heteroatoms. The van der Waals surface area contributed by atoms with E-state index in [4.69, 9.17) is 4.74 Å². The summed E-state index contributed by atoms with van der Waals surface area (Å²) in [4.78, 5) is 20.3. The van der Waals surface area contributed by atoms with Crippen molar-refractivity contribution in [2.75, 3.05) is 20.2 Å². The highest BCUT2D eigenvalue weighted by molar-refractivity contribution is 6.01. The van der Waals surface area contributed by atoms with Crippen molar-refractivity contribution in [2.45, 2.75) is 31.7 Å². The maximum Gasteiger partial charge on any atom is 0.203 e. The summed E-state index contributed by atoms with van der Waals surface area (Å²) >= 11 is 0. The second-order valence-corrected chi connectivity index (χ2v) is 9.86. The van der Waals surface area contributed by atoms with Crippen LogP contribution in [0.5, 0.6) is 5.75 Å². The molecular formula is C30H29FN4O3. The molecule has 2 atom stereocenters. The van der Waals surface area contributed by atoms with Gasteiger partial charge < -0.3 is 9.84 Å². The van der Waals surface area contributed by atoms with Gasteiger partial charge in [-0.3, -0.25) is 19.6 Å². The van der Waals surface area contributed by atoms with E-state index in [2.05, 4.69) is 15.2 Å². The zero-order valence-electron chi connectivity index (χ0n) is 21.1. The molecule has 2 N–H and O–H groups in total. The largest absolute Gasteiger partial charge is 0.497 e. The number of methoxy groups -OCH3 is 1. The molecule has 3 heterocycles. The van der Waals surface area contributed by atoms with E-state index < -0.39 is 11.9 Å². The van der Waals surface area contributed by atoms with Crippen LogP contribution in [0.15, 0.2) is 73.1 Å². The van der Waals surface area contributed by atoms with Crippen LogP contribution in [0.1, 0.15) is 39.8 Å². The number of nitrogens with zero attached hydrogens (tertiary/aromatic N) is 3. The second-order valence-electron chi connectivity index (χ2n) is 9.86. The first-order chi connectivity index (χ1) is 18.5. The fraction of sp³-hybridized carbons (Fsp3) is 0.267. The minimum atomic E-state index is -0.813. The van der Waals surface area contributed by atoms with Crippen LogP contribution < -0.4 is 10.1 Å². The number of carbonyl (C=O) groups excluding carboxylic acids is 1. The topological polar surface area (TPSA) is 79.6 Å². The number of imidazole rings is 1. The molecule has 1 saturated heterocycles. The minimum Gasteiger partial charge on any atom is -0.497 e. The summed E-state index contributed by atoms with van der Waals surface area (Å²) < 4.78 is 22.6. The zero-order valence-corrected chi connectivity index (χ0v) is 21.1. The first kappa shape index (κ1) is 24.5. The van der Waals surface area contributed by atoms with Gasteiger partial charge in [0.2, 0.25) is 5.78 Å². The molecule has 38 heavy (non-hydrogen) atoms. The van der Waals surface area contributed by atoms with Crippen molar-refractivity contribution in [3.8, 4) is 22.6 Å². The summed E-state index contributed by atoms with van der Waals surface area (Å²) in [6, 6.07) is 19.6. The number of carbonyl (C=O) groups is 1. The Hall–Kier alpha value is -3.85. The SMILES string of the molecule is COc1ccc(-n2cnc3c2C(=O)C(c2ccc(-c4ccccc4CN4CC[C@@H](O)C4)cc2F)NC3)cc1. The Bertz CT molecular complexity index is 1480. The molecule has 7 nitrogen and oxygen atoms in total. The molecule has 4 aromatic rings. The molecule has 1 fully saturated rings. The quantitative estimate of drug-likeness (QED) is 0.402. The predicted molar refractivity (Wildman–Crippen MR) is 142 cm³/mol. The molecule has 2 aliphatic rings. The molecule has 0 bridgehead atoms. The second kappa shape index (κ2) is 10.1. The summed E-state index contributed by atoms with van der Waals surface area (Å²) in [5.41, 5.74) is 4.98. The van der Waals surface area contributed by atoms with E-state index in [1.807, 2.05) is 54.6 Å². The number of nitrogens with one attached hydrogen (secondary N) is 1. The Kier molecular flexibility index (Phi) is 6.53. The third-order valence-electron chi connectivity index (χ3n) is 7.44. The van der Waals surface area contributed by atoms with Gasteiger partial charge in [0.25, 0.3) is 0 Å². The van der Waals surface area contributed by atoms with Crippen LogP contribution in [0, 0.1) is 5.82 Å². The van der Waals surface area contributed by atoms with Gasteiger partial charge in [0, 0.05) is 37.4 Å². The van der Waals surface area contributed by atoms with Crippen LogP contribution in [-0.4, -0.2) is 51.6 Å². The number of likely N-dealkylation sites (tertiary alicyclic amines) is 1. The van der Waals surface area contributed by atoms with Crippen LogP contribution in [0.4, 0.5) is 4.39 Å². The van der Waals surface area contributed by atoms with Crippen LogP contribution >= 0.6 is 0 Å². The van der Waals surface area contributed by atoms with Crippen molar-refractivity contribution in [1.29, 1.82) is 0 Å². The van der Waals surface area contributed by atoms with E-state index in [0.717, 1.165) is 41.1 Å². The van der Waals surface area contributed by atoms with Crippen molar-refractivity contribution in [3.63, 3.8) is 0 Å². The molecule has 0 saturated carbocycles. The first-order valence-electron chi connectivity index (χ1n) is 12.8. The standard InChI is InChI=1S/C30H29FN4O3/c1-38-23-9-7-21(8-10-23)35-18-33-27-15-32-28(30(37)29(27)35)25-11-6-19(14-26(25)31)24-5-3-2-4-20(24)16-34-13-12-22(36)17-34/h2-11,14,18,22,28,32,36H,12-13,15-17H2,1H3/t22-,28?/m1/s1. The van der Waals surface area contributed by atoms with Crippen molar-refractivity contribution < 1.29 is 19.0 Å². The van der Waals surface area contributed by atoms with Gasteiger partial charge in [0.15, 0.2) is 0 Å². The number of aromatic nitrogens is 2. The van der Waals surface area contributed by atoms with Crippen molar-refractivity contribution >= 4 is 5.78 Å². The fourth-order valence-electron chi connectivity index (χ4n) is 5.46. The van der Waals surface area contributed by atoms with Crippen molar-refractivity contribution in [2.24, 2.45) is 0 Å². The van der Waals surface area contributed by atoms with Crippen LogP contribution in [-0.2, 0) is 13.1 Å².